The molecule has 3 nitrogen and oxygen atoms in total. The highest BCUT2D eigenvalue weighted by Gasteiger charge is 2.35. The predicted octanol–water partition coefficient (Wildman–Crippen LogP) is 3.96. The zero-order chi connectivity index (χ0) is 14.8. The van der Waals surface area contributed by atoms with E-state index in [-0.39, 0.29) is 5.91 Å². The number of aryl methyl sites for hydroxylation is 1. The summed E-state index contributed by atoms with van der Waals surface area (Å²) in [4.78, 5) is 12.3. The van der Waals surface area contributed by atoms with Gasteiger partial charge in [0.1, 0.15) is 5.54 Å². The number of carbonyl (C=O) groups is 1. The number of amides is 1. The first kappa shape index (κ1) is 15.1. The van der Waals surface area contributed by atoms with Crippen LogP contribution < -0.4 is 5.32 Å². The fraction of sp³-hybridized carbons (Fsp3) is 0.500. The molecule has 0 spiro atoms. The van der Waals surface area contributed by atoms with Crippen LogP contribution in [0.5, 0.6) is 0 Å². The molecular weight excluding hydrogens is 316 g/mol. The molecule has 0 aliphatic heterocycles. The average Bonchev–Trinajstić information content (AvgIpc) is 2.44. The third-order valence-electron chi connectivity index (χ3n) is 4.11. The molecule has 1 aromatic rings. The standard InChI is InChI=1S/C16H19BrN2O/c1-11-5-7-16(10-18,8-6-11)19-15(20)13-3-4-14(17)12(2)9-13/h3-4,9,11H,5-8H2,1-2H3,(H,19,20). The average molecular weight is 335 g/mol. The topological polar surface area (TPSA) is 52.9 Å². The van der Waals surface area contributed by atoms with E-state index in [1.165, 1.54) is 0 Å². The van der Waals surface area contributed by atoms with Crippen LogP contribution in [0.4, 0.5) is 0 Å². The second kappa shape index (κ2) is 5.97. The summed E-state index contributed by atoms with van der Waals surface area (Å²) >= 11 is 3.42. The van der Waals surface area contributed by atoms with E-state index in [1.54, 1.807) is 6.07 Å². The zero-order valence-corrected chi connectivity index (χ0v) is 13.5. The Bertz CT molecular complexity index is 554. The van der Waals surface area contributed by atoms with E-state index in [0.717, 1.165) is 35.7 Å². The van der Waals surface area contributed by atoms with E-state index in [0.29, 0.717) is 11.5 Å². The van der Waals surface area contributed by atoms with Crippen LogP contribution in [-0.4, -0.2) is 11.4 Å². The number of nitrogens with zero attached hydrogens (tertiary/aromatic N) is 1. The van der Waals surface area contributed by atoms with Crippen LogP contribution in [0.2, 0.25) is 0 Å². The molecule has 106 valence electrons. The van der Waals surface area contributed by atoms with Crippen molar-refractivity contribution in [2.45, 2.75) is 45.1 Å². The smallest absolute Gasteiger partial charge is 0.252 e. The molecule has 1 saturated carbocycles. The summed E-state index contributed by atoms with van der Waals surface area (Å²) in [5, 5.41) is 12.4. The summed E-state index contributed by atoms with van der Waals surface area (Å²) in [6, 6.07) is 7.81. The fourth-order valence-electron chi connectivity index (χ4n) is 2.60. The summed E-state index contributed by atoms with van der Waals surface area (Å²) in [6.07, 6.45) is 3.47. The van der Waals surface area contributed by atoms with Crippen molar-refractivity contribution in [1.29, 1.82) is 5.26 Å². The Morgan fingerprint density at radius 1 is 1.45 bits per heavy atom. The Morgan fingerprint density at radius 3 is 2.65 bits per heavy atom. The van der Waals surface area contributed by atoms with Gasteiger partial charge in [-0.05, 0) is 62.3 Å². The lowest BCUT2D eigenvalue weighted by atomic mass is 9.78. The Morgan fingerprint density at radius 2 is 2.10 bits per heavy atom. The molecule has 0 atom stereocenters. The van der Waals surface area contributed by atoms with Crippen molar-refractivity contribution in [3.05, 3.63) is 33.8 Å². The highest BCUT2D eigenvalue weighted by molar-refractivity contribution is 9.10. The van der Waals surface area contributed by atoms with E-state index >= 15 is 0 Å². The number of nitriles is 1. The minimum Gasteiger partial charge on any atom is -0.334 e. The molecule has 0 unspecified atom stereocenters. The summed E-state index contributed by atoms with van der Waals surface area (Å²) < 4.78 is 0.982. The van der Waals surface area contributed by atoms with Crippen LogP contribution in [0, 0.1) is 24.2 Å². The van der Waals surface area contributed by atoms with E-state index in [9.17, 15) is 10.1 Å². The highest BCUT2D eigenvalue weighted by Crippen LogP contribution is 2.31. The van der Waals surface area contributed by atoms with Gasteiger partial charge in [-0.3, -0.25) is 4.79 Å². The second-order valence-electron chi connectivity index (χ2n) is 5.79. The van der Waals surface area contributed by atoms with Gasteiger partial charge in [0.2, 0.25) is 0 Å². The van der Waals surface area contributed by atoms with Crippen LogP contribution in [0.25, 0.3) is 0 Å². The van der Waals surface area contributed by atoms with Crippen LogP contribution in [0.1, 0.15) is 48.5 Å². The van der Waals surface area contributed by atoms with Gasteiger partial charge in [-0.1, -0.05) is 22.9 Å². The fourth-order valence-corrected chi connectivity index (χ4v) is 2.84. The monoisotopic (exact) mass is 334 g/mol. The molecular formula is C16H19BrN2O. The molecule has 0 bridgehead atoms. The molecule has 1 amide bonds. The highest BCUT2D eigenvalue weighted by atomic mass is 79.9. The van der Waals surface area contributed by atoms with Crippen molar-refractivity contribution < 1.29 is 4.79 Å². The van der Waals surface area contributed by atoms with Gasteiger partial charge in [0.25, 0.3) is 5.91 Å². The van der Waals surface area contributed by atoms with Crippen molar-refractivity contribution in [2.24, 2.45) is 5.92 Å². The van der Waals surface area contributed by atoms with Gasteiger partial charge >= 0.3 is 0 Å². The number of nitrogens with one attached hydrogen (secondary N) is 1. The maximum absolute atomic E-state index is 12.3. The largest absolute Gasteiger partial charge is 0.334 e. The summed E-state index contributed by atoms with van der Waals surface area (Å²) in [7, 11) is 0. The molecule has 0 heterocycles. The van der Waals surface area contributed by atoms with Gasteiger partial charge in [0.15, 0.2) is 0 Å². The normalized spacial score (nSPS) is 25.8. The zero-order valence-electron chi connectivity index (χ0n) is 11.9. The van der Waals surface area contributed by atoms with Crippen LogP contribution >= 0.6 is 15.9 Å². The number of rotatable bonds is 2. The molecule has 1 fully saturated rings. The maximum Gasteiger partial charge on any atom is 0.252 e. The van der Waals surface area contributed by atoms with Crippen molar-refractivity contribution in [3.8, 4) is 6.07 Å². The van der Waals surface area contributed by atoms with Gasteiger partial charge in [-0.25, -0.2) is 0 Å². The minimum atomic E-state index is -0.690. The van der Waals surface area contributed by atoms with Gasteiger partial charge in [-0.15, -0.1) is 0 Å². The predicted molar refractivity (Wildman–Crippen MR) is 82.3 cm³/mol. The summed E-state index contributed by atoms with van der Waals surface area (Å²) in [5.41, 5.74) is 0.935. The van der Waals surface area contributed by atoms with E-state index in [1.807, 2.05) is 19.1 Å². The molecule has 1 aliphatic rings. The minimum absolute atomic E-state index is 0.156. The number of halogens is 1. The lowest BCUT2D eigenvalue weighted by Crippen LogP contribution is -2.49. The number of carbonyl (C=O) groups excluding carboxylic acids is 1. The second-order valence-corrected chi connectivity index (χ2v) is 6.65. The van der Waals surface area contributed by atoms with E-state index in [4.69, 9.17) is 0 Å². The Hall–Kier alpha value is -1.34. The molecule has 4 heteroatoms. The van der Waals surface area contributed by atoms with E-state index in [2.05, 4.69) is 34.2 Å². The van der Waals surface area contributed by atoms with Gasteiger partial charge in [-0.2, -0.15) is 5.26 Å². The molecule has 20 heavy (non-hydrogen) atoms. The molecule has 0 radical (unpaired) electrons. The summed E-state index contributed by atoms with van der Waals surface area (Å²) in [5.74, 6) is 0.486. The van der Waals surface area contributed by atoms with E-state index < -0.39 is 5.54 Å². The molecule has 0 saturated heterocycles. The number of hydrogen-bond donors (Lipinski definition) is 1. The first-order chi connectivity index (χ1) is 9.46. The molecule has 1 N–H and O–H groups in total. The van der Waals surface area contributed by atoms with Crippen LogP contribution in [0.3, 0.4) is 0 Å². The van der Waals surface area contributed by atoms with Crippen molar-refractivity contribution >= 4 is 21.8 Å². The van der Waals surface area contributed by atoms with Crippen LogP contribution in [-0.2, 0) is 0 Å². The third-order valence-corrected chi connectivity index (χ3v) is 5.00. The molecule has 2 rings (SSSR count). The maximum atomic E-state index is 12.3. The van der Waals surface area contributed by atoms with Gasteiger partial charge in [0.05, 0.1) is 6.07 Å². The van der Waals surface area contributed by atoms with Gasteiger partial charge < -0.3 is 5.32 Å². The first-order valence-electron chi connectivity index (χ1n) is 6.96. The molecule has 1 aliphatic carbocycles. The lowest BCUT2D eigenvalue weighted by Gasteiger charge is -2.34. The SMILES string of the molecule is Cc1cc(C(=O)NC2(C#N)CCC(C)CC2)ccc1Br. The molecule has 0 aromatic heterocycles. The van der Waals surface area contributed by atoms with Gasteiger partial charge in [0, 0.05) is 10.0 Å². The lowest BCUT2D eigenvalue weighted by molar-refractivity contribution is 0.0894. The summed E-state index contributed by atoms with van der Waals surface area (Å²) in [6.45, 7) is 4.14. The van der Waals surface area contributed by atoms with Crippen LogP contribution in [0.15, 0.2) is 22.7 Å². The quantitative estimate of drug-likeness (QED) is 0.889. The molecule has 1 aromatic carbocycles. The Balaban J connectivity index is 2.13. The Kier molecular flexibility index (Phi) is 4.49. The van der Waals surface area contributed by atoms with Crippen molar-refractivity contribution in [3.63, 3.8) is 0 Å². The van der Waals surface area contributed by atoms with Crippen molar-refractivity contribution in [1.82, 2.24) is 5.32 Å². The third kappa shape index (κ3) is 3.21. The first-order valence-corrected chi connectivity index (χ1v) is 7.75. The number of hydrogen-bond acceptors (Lipinski definition) is 2. The number of benzene rings is 1. The van der Waals surface area contributed by atoms with Crippen molar-refractivity contribution in [2.75, 3.05) is 0 Å². The Labute approximate surface area is 128 Å².